The topological polar surface area (TPSA) is 43.1 Å². The van der Waals surface area contributed by atoms with Crippen LogP contribution in [-0.4, -0.2) is 12.3 Å². The van der Waals surface area contributed by atoms with E-state index in [1.54, 1.807) is 0 Å². The average molecular weight is 276 g/mol. The highest BCUT2D eigenvalue weighted by molar-refractivity contribution is 9.11. The molecule has 0 amide bonds. The van der Waals surface area contributed by atoms with Gasteiger partial charge in [-0.2, -0.15) is 0 Å². The van der Waals surface area contributed by atoms with Gasteiger partial charge in [0.1, 0.15) is 0 Å². The summed E-state index contributed by atoms with van der Waals surface area (Å²) in [7, 11) is 0. The molecule has 0 saturated heterocycles. The number of carbonyl (C=O) groups excluding carboxylic acids is 1. The summed E-state index contributed by atoms with van der Waals surface area (Å²) >= 11 is 4.81. The molecule has 14 heavy (non-hydrogen) atoms. The third-order valence-electron chi connectivity index (χ3n) is 2.21. The minimum absolute atomic E-state index is 0.0550. The predicted molar refractivity (Wildman–Crippen MR) is 63.7 cm³/mol. The van der Waals surface area contributed by atoms with Gasteiger partial charge in [-0.25, -0.2) is 0 Å². The van der Waals surface area contributed by atoms with Crippen LogP contribution in [0.4, 0.5) is 0 Å². The lowest BCUT2D eigenvalue weighted by molar-refractivity contribution is 0.0896. The zero-order chi connectivity index (χ0) is 10.7. The number of halogens is 1. The lowest BCUT2D eigenvalue weighted by Gasteiger charge is -2.16. The predicted octanol–water partition coefficient (Wildman–Crippen LogP) is 2.92. The molecule has 0 aliphatic carbocycles. The molecular formula is C10H14BrNOS. The van der Waals surface area contributed by atoms with E-state index in [-0.39, 0.29) is 11.7 Å². The van der Waals surface area contributed by atoms with Gasteiger partial charge in [0.05, 0.1) is 8.66 Å². The van der Waals surface area contributed by atoms with Crippen molar-refractivity contribution in [2.75, 3.05) is 6.54 Å². The Labute approximate surface area is 96.6 Å². The van der Waals surface area contributed by atoms with E-state index in [4.69, 9.17) is 5.73 Å². The first-order valence-electron chi connectivity index (χ1n) is 4.56. The maximum atomic E-state index is 11.9. The lowest BCUT2D eigenvalue weighted by atomic mass is 9.91. The molecule has 1 heterocycles. The lowest BCUT2D eigenvalue weighted by Crippen LogP contribution is -2.27. The molecule has 0 spiro atoms. The summed E-state index contributed by atoms with van der Waals surface area (Å²) < 4.78 is 0.986. The third-order valence-corrected chi connectivity index (χ3v) is 3.85. The zero-order valence-corrected chi connectivity index (χ0v) is 10.7. The van der Waals surface area contributed by atoms with Crippen molar-refractivity contribution in [2.45, 2.75) is 13.8 Å². The van der Waals surface area contributed by atoms with Gasteiger partial charge in [-0.1, -0.05) is 13.8 Å². The second kappa shape index (κ2) is 5.05. The average Bonchev–Trinajstić information content (AvgIpc) is 2.52. The summed E-state index contributed by atoms with van der Waals surface area (Å²) in [6, 6.07) is 3.74. The first-order chi connectivity index (χ1) is 6.56. The van der Waals surface area contributed by atoms with Crippen LogP contribution in [-0.2, 0) is 0 Å². The Morgan fingerprint density at radius 3 is 2.57 bits per heavy atom. The number of nitrogens with two attached hydrogens (primary N) is 1. The fraction of sp³-hybridized carbons (Fsp3) is 0.500. The Bertz CT molecular complexity index is 322. The van der Waals surface area contributed by atoms with Gasteiger partial charge in [0, 0.05) is 12.5 Å². The standard InChI is InChI=1S/C10H14BrNOS/c1-6(2)7(5-12)10(13)8-3-4-9(11)14-8/h3-4,6-7H,5,12H2,1-2H3. The monoisotopic (exact) mass is 275 g/mol. The Balaban J connectivity index is 2.83. The van der Waals surface area contributed by atoms with Crippen molar-refractivity contribution in [1.29, 1.82) is 0 Å². The van der Waals surface area contributed by atoms with Gasteiger partial charge in [-0.15, -0.1) is 11.3 Å². The minimum atomic E-state index is -0.0550. The van der Waals surface area contributed by atoms with Crippen LogP contribution in [0.25, 0.3) is 0 Å². The van der Waals surface area contributed by atoms with E-state index in [1.807, 2.05) is 26.0 Å². The van der Waals surface area contributed by atoms with E-state index >= 15 is 0 Å². The Hall–Kier alpha value is -0.190. The Kier molecular flexibility index (Phi) is 4.29. The highest BCUT2D eigenvalue weighted by Crippen LogP contribution is 2.26. The number of carbonyl (C=O) groups is 1. The maximum absolute atomic E-state index is 11.9. The van der Waals surface area contributed by atoms with E-state index in [9.17, 15) is 4.79 Å². The molecule has 1 aromatic rings. The van der Waals surface area contributed by atoms with Crippen molar-refractivity contribution in [2.24, 2.45) is 17.6 Å². The van der Waals surface area contributed by atoms with Gasteiger partial charge in [0.2, 0.25) is 0 Å². The number of hydrogen-bond donors (Lipinski definition) is 1. The number of hydrogen-bond acceptors (Lipinski definition) is 3. The summed E-state index contributed by atoms with van der Waals surface area (Å²) in [4.78, 5) is 12.7. The Morgan fingerprint density at radius 2 is 2.21 bits per heavy atom. The molecule has 0 radical (unpaired) electrons. The van der Waals surface area contributed by atoms with Crippen LogP contribution in [0.3, 0.4) is 0 Å². The van der Waals surface area contributed by atoms with Gasteiger partial charge in [-0.3, -0.25) is 4.79 Å². The van der Waals surface area contributed by atoms with Gasteiger partial charge < -0.3 is 5.73 Å². The molecule has 0 bridgehead atoms. The van der Waals surface area contributed by atoms with E-state index < -0.39 is 0 Å². The van der Waals surface area contributed by atoms with Crippen LogP contribution >= 0.6 is 27.3 Å². The molecule has 0 aromatic carbocycles. The van der Waals surface area contributed by atoms with Crippen molar-refractivity contribution >= 4 is 33.0 Å². The van der Waals surface area contributed by atoms with Gasteiger partial charge in [0.15, 0.2) is 5.78 Å². The largest absolute Gasteiger partial charge is 0.330 e. The van der Waals surface area contributed by atoms with Crippen molar-refractivity contribution in [3.63, 3.8) is 0 Å². The van der Waals surface area contributed by atoms with Gasteiger partial charge >= 0.3 is 0 Å². The highest BCUT2D eigenvalue weighted by atomic mass is 79.9. The van der Waals surface area contributed by atoms with Crippen LogP contribution in [0.1, 0.15) is 23.5 Å². The number of rotatable bonds is 4. The quantitative estimate of drug-likeness (QED) is 0.859. The van der Waals surface area contributed by atoms with Crippen LogP contribution in [0, 0.1) is 11.8 Å². The summed E-state index contributed by atoms with van der Waals surface area (Å²) in [5.74, 6) is 0.409. The highest BCUT2D eigenvalue weighted by Gasteiger charge is 2.22. The SMILES string of the molecule is CC(C)C(CN)C(=O)c1ccc(Br)s1. The fourth-order valence-corrected chi connectivity index (χ4v) is 2.70. The molecule has 0 fully saturated rings. The summed E-state index contributed by atoms with van der Waals surface area (Å²) in [5, 5.41) is 0. The molecule has 4 heteroatoms. The first-order valence-corrected chi connectivity index (χ1v) is 6.16. The zero-order valence-electron chi connectivity index (χ0n) is 8.29. The molecule has 1 aromatic heterocycles. The summed E-state index contributed by atoms with van der Waals surface area (Å²) in [5.41, 5.74) is 5.59. The van der Waals surface area contributed by atoms with Crippen molar-refractivity contribution < 1.29 is 4.79 Å². The van der Waals surface area contributed by atoms with Gasteiger partial charge in [0.25, 0.3) is 0 Å². The third kappa shape index (κ3) is 2.65. The molecule has 78 valence electrons. The van der Waals surface area contributed by atoms with Crippen molar-refractivity contribution in [3.8, 4) is 0 Å². The first kappa shape index (κ1) is 11.9. The van der Waals surface area contributed by atoms with Crippen LogP contribution in [0.5, 0.6) is 0 Å². The number of thiophene rings is 1. The number of ketones is 1. The maximum Gasteiger partial charge on any atom is 0.177 e. The summed E-state index contributed by atoms with van der Waals surface area (Å²) in [6.45, 7) is 4.47. The molecule has 1 unspecified atom stereocenters. The molecule has 1 atom stereocenters. The summed E-state index contributed by atoms with van der Waals surface area (Å²) in [6.07, 6.45) is 0. The molecule has 1 rings (SSSR count). The minimum Gasteiger partial charge on any atom is -0.330 e. The Morgan fingerprint density at radius 1 is 1.57 bits per heavy atom. The van der Waals surface area contributed by atoms with Crippen LogP contribution in [0.15, 0.2) is 15.9 Å². The van der Waals surface area contributed by atoms with Crippen LogP contribution in [0.2, 0.25) is 0 Å². The van der Waals surface area contributed by atoms with Crippen LogP contribution < -0.4 is 5.73 Å². The van der Waals surface area contributed by atoms with Gasteiger partial charge in [-0.05, 0) is 34.0 Å². The van der Waals surface area contributed by atoms with E-state index in [0.717, 1.165) is 8.66 Å². The van der Waals surface area contributed by atoms with E-state index in [2.05, 4.69) is 15.9 Å². The normalized spacial score (nSPS) is 13.2. The second-order valence-corrected chi connectivity index (χ2v) is 6.02. The molecule has 0 aliphatic heterocycles. The molecule has 2 N–H and O–H groups in total. The van der Waals surface area contributed by atoms with Crippen molar-refractivity contribution in [1.82, 2.24) is 0 Å². The second-order valence-electron chi connectivity index (χ2n) is 3.55. The molecule has 0 saturated carbocycles. The van der Waals surface area contributed by atoms with E-state index in [1.165, 1.54) is 11.3 Å². The molecular weight excluding hydrogens is 262 g/mol. The molecule has 0 aliphatic rings. The fourth-order valence-electron chi connectivity index (χ4n) is 1.31. The van der Waals surface area contributed by atoms with E-state index in [0.29, 0.717) is 12.5 Å². The number of Topliss-reactive ketones (excluding diaryl/α,β-unsaturated/α-hetero) is 1. The smallest absolute Gasteiger partial charge is 0.177 e. The van der Waals surface area contributed by atoms with Crippen molar-refractivity contribution in [3.05, 3.63) is 20.8 Å². The molecule has 2 nitrogen and oxygen atoms in total.